The van der Waals surface area contributed by atoms with Crippen molar-refractivity contribution in [2.24, 2.45) is 7.05 Å². The number of fused-ring (bicyclic) bond motifs is 3. The largest absolute Gasteiger partial charge is 0.332 e. The Hall–Kier alpha value is -3.32. The Morgan fingerprint density at radius 3 is 2.55 bits per heavy atom. The highest BCUT2D eigenvalue weighted by Gasteiger charge is 2.29. The van der Waals surface area contributed by atoms with Gasteiger partial charge in [-0.3, -0.25) is 13.9 Å². The van der Waals surface area contributed by atoms with Crippen molar-refractivity contribution in [1.82, 2.24) is 18.7 Å². The van der Waals surface area contributed by atoms with Gasteiger partial charge in [0.1, 0.15) is 0 Å². The van der Waals surface area contributed by atoms with Gasteiger partial charge in [0.15, 0.2) is 11.2 Å². The smallest absolute Gasteiger partial charge is 0.310 e. The third-order valence-corrected chi connectivity index (χ3v) is 6.46. The fourth-order valence-corrected chi connectivity index (χ4v) is 4.35. The maximum atomic E-state index is 13.4. The minimum atomic E-state index is -0.410. The van der Waals surface area contributed by atoms with Crippen LogP contribution in [0.25, 0.3) is 11.2 Å². The summed E-state index contributed by atoms with van der Waals surface area (Å²) in [4.78, 5) is 33.2. The number of rotatable bonds is 3. The molecular formula is C23H22ClN5O2. The molecule has 5 rings (SSSR count). The Morgan fingerprint density at radius 1 is 1.03 bits per heavy atom. The molecule has 0 saturated carbocycles. The third kappa shape index (κ3) is 2.99. The second-order valence-corrected chi connectivity index (χ2v) is 8.39. The SMILES string of the molecule is Cc1ccc(N2CCn3c2nc2c3c(=O)n(Cc3ccccc3Cl)c(=O)n2C)cc1C. The number of nitrogens with zero attached hydrogens (tertiary/aromatic N) is 5. The highest BCUT2D eigenvalue weighted by atomic mass is 35.5. The molecule has 0 amide bonds. The number of benzene rings is 2. The molecule has 1 aliphatic rings. The fourth-order valence-electron chi connectivity index (χ4n) is 4.15. The summed E-state index contributed by atoms with van der Waals surface area (Å²) < 4.78 is 4.59. The summed E-state index contributed by atoms with van der Waals surface area (Å²) in [6.45, 7) is 5.61. The standard InChI is InChI=1S/C23H22ClN5O2/c1-14-8-9-17(12-15(14)2)27-10-11-28-19-20(25-22(27)28)26(3)23(31)29(21(19)30)13-16-6-4-5-7-18(16)24/h4-9,12H,10-11,13H2,1-3H3. The van der Waals surface area contributed by atoms with Gasteiger partial charge in [0.25, 0.3) is 5.56 Å². The second kappa shape index (κ2) is 7.13. The van der Waals surface area contributed by atoms with Crippen molar-refractivity contribution in [2.45, 2.75) is 26.9 Å². The molecular weight excluding hydrogens is 414 g/mol. The molecule has 0 spiro atoms. The fraction of sp³-hybridized carbons (Fsp3) is 0.261. The summed E-state index contributed by atoms with van der Waals surface area (Å²) in [7, 11) is 1.65. The number of aromatic nitrogens is 4. The molecule has 2 aromatic carbocycles. The normalized spacial score (nSPS) is 13.2. The molecule has 158 valence electrons. The first-order chi connectivity index (χ1) is 14.9. The van der Waals surface area contributed by atoms with E-state index in [1.165, 1.54) is 20.3 Å². The summed E-state index contributed by atoms with van der Waals surface area (Å²) >= 11 is 6.27. The van der Waals surface area contributed by atoms with Gasteiger partial charge in [0.05, 0.1) is 6.54 Å². The highest BCUT2D eigenvalue weighted by molar-refractivity contribution is 6.31. The van der Waals surface area contributed by atoms with Crippen molar-refractivity contribution in [3.63, 3.8) is 0 Å². The molecule has 0 saturated heterocycles. The van der Waals surface area contributed by atoms with E-state index in [4.69, 9.17) is 16.6 Å². The van der Waals surface area contributed by atoms with Crippen LogP contribution in [0.15, 0.2) is 52.1 Å². The van der Waals surface area contributed by atoms with Gasteiger partial charge in [-0.15, -0.1) is 0 Å². The Bertz CT molecular complexity index is 1460. The van der Waals surface area contributed by atoms with Gasteiger partial charge in [-0.25, -0.2) is 4.79 Å². The van der Waals surface area contributed by atoms with E-state index in [1.54, 1.807) is 13.1 Å². The van der Waals surface area contributed by atoms with Crippen molar-refractivity contribution >= 4 is 34.4 Å². The minimum absolute atomic E-state index is 0.114. The van der Waals surface area contributed by atoms with Crippen LogP contribution in [0.1, 0.15) is 16.7 Å². The van der Waals surface area contributed by atoms with E-state index in [-0.39, 0.29) is 12.1 Å². The highest BCUT2D eigenvalue weighted by Crippen LogP contribution is 2.32. The third-order valence-electron chi connectivity index (χ3n) is 6.09. The van der Waals surface area contributed by atoms with Gasteiger partial charge < -0.3 is 9.47 Å². The van der Waals surface area contributed by atoms with Crippen LogP contribution in [0.4, 0.5) is 11.6 Å². The van der Waals surface area contributed by atoms with E-state index in [2.05, 4.69) is 36.9 Å². The van der Waals surface area contributed by atoms with Gasteiger partial charge in [0, 0.05) is 30.8 Å². The summed E-state index contributed by atoms with van der Waals surface area (Å²) in [5.41, 5.74) is 4.25. The van der Waals surface area contributed by atoms with E-state index in [9.17, 15) is 9.59 Å². The van der Waals surface area contributed by atoms with Crippen LogP contribution >= 0.6 is 11.6 Å². The molecule has 0 aliphatic carbocycles. The maximum Gasteiger partial charge on any atom is 0.332 e. The van der Waals surface area contributed by atoms with Crippen LogP contribution in [0, 0.1) is 13.8 Å². The first-order valence-corrected chi connectivity index (χ1v) is 10.5. The Kier molecular flexibility index (Phi) is 4.51. The number of halogens is 1. The van der Waals surface area contributed by atoms with Crippen molar-refractivity contribution in [3.8, 4) is 0 Å². The van der Waals surface area contributed by atoms with Crippen LogP contribution in [0.3, 0.4) is 0 Å². The van der Waals surface area contributed by atoms with E-state index in [0.717, 1.165) is 11.3 Å². The van der Waals surface area contributed by atoms with Crippen molar-refractivity contribution in [1.29, 1.82) is 0 Å². The topological polar surface area (TPSA) is 65.1 Å². The molecule has 0 radical (unpaired) electrons. The number of anilines is 2. The van der Waals surface area contributed by atoms with Crippen LogP contribution in [-0.4, -0.2) is 25.2 Å². The molecule has 0 fully saturated rings. The molecule has 3 heterocycles. The number of aryl methyl sites for hydroxylation is 3. The molecule has 0 bridgehead atoms. The van der Waals surface area contributed by atoms with Crippen molar-refractivity contribution in [2.75, 3.05) is 11.4 Å². The molecule has 0 atom stereocenters. The lowest BCUT2D eigenvalue weighted by Gasteiger charge is -2.17. The van der Waals surface area contributed by atoms with E-state index >= 15 is 0 Å². The summed E-state index contributed by atoms with van der Waals surface area (Å²) in [6, 6.07) is 13.5. The number of imidazole rings is 1. The van der Waals surface area contributed by atoms with Gasteiger partial charge >= 0.3 is 5.69 Å². The summed E-state index contributed by atoms with van der Waals surface area (Å²) in [5, 5.41) is 0.524. The van der Waals surface area contributed by atoms with Crippen LogP contribution in [0.2, 0.25) is 5.02 Å². The number of hydrogen-bond donors (Lipinski definition) is 0. The zero-order chi connectivity index (χ0) is 21.9. The lowest BCUT2D eigenvalue weighted by molar-refractivity contribution is 0.652. The van der Waals surface area contributed by atoms with Gasteiger partial charge in [-0.1, -0.05) is 35.9 Å². The predicted octanol–water partition coefficient (Wildman–Crippen LogP) is 3.37. The van der Waals surface area contributed by atoms with E-state index < -0.39 is 5.69 Å². The molecule has 0 N–H and O–H groups in total. The Morgan fingerprint density at radius 2 is 1.81 bits per heavy atom. The van der Waals surface area contributed by atoms with Crippen molar-refractivity contribution in [3.05, 3.63) is 85.0 Å². The molecule has 7 nitrogen and oxygen atoms in total. The minimum Gasteiger partial charge on any atom is -0.310 e. The average Bonchev–Trinajstić information content (AvgIpc) is 3.32. The summed E-state index contributed by atoms with van der Waals surface area (Å²) in [5.74, 6) is 0.681. The first-order valence-electron chi connectivity index (χ1n) is 10.1. The average molecular weight is 436 g/mol. The zero-order valence-electron chi connectivity index (χ0n) is 17.6. The van der Waals surface area contributed by atoms with Crippen molar-refractivity contribution < 1.29 is 0 Å². The van der Waals surface area contributed by atoms with Crippen LogP contribution < -0.4 is 16.1 Å². The molecule has 1 aliphatic heterocycles. The predicted molar refractivity (Wildman–Crippen MR) is 123 cm³/mol. The lowest BCUT2D eigenvalue weighted by Crippen LogP contribution is -2.40. The molecule has 0 unspecified atom stereocenters. The summed E-state index contributed by atoms with van der Waals surface area (Å²) in [6.07, 6.45) is 0. The number of hydrogen-bond acceptors (Lipinski definition) is 4. The van der Waals surface area contributed by atoms with Gasteiger partial charge in [0.2, 0.25) is 5.95 Å². The monoisotopic (exact) mass is 435 g/mol. The van der Waals surface area contributed by atoms with Crippen LogP contribution in [0.5, 0.6) is 0 Å². The Labute approximate surface area is 183 Å². The molecule has 8 heteroatoms. The first kappa shape index (κ1) is 19.6. The molecule has 2 aromatic heterocycles. The quantitative estimate of drug-likeness (QED) is 0.495. The zero-order valence-corrected chi connectivity index (χ0v) is 18.3. The lowest BCUT2D eigenvalue weighted by atomic mass is 10.1. The van der Waals surface area contributed by atoms with Gasteiger partial charge in [-0.05, 0) is 48.7 Å². The maximum absolute atomic E-state index is 13.4. The van der Waals surface area contributed by atoms with E-state index in [1.807, 2.05) is 22.8 Å². The second-order valence-electron chi connectivity index (χ2n) is 7.98. The van der Waals surface area contributed by atoms with Gasteiger partial charge in [-0.2, -0.15) is 4.98 Å². The Balaban J connectivity index is 1.68. The molecule has 31 heavy (non-hydrogen) atoms. The van der Waals surface area contributed by atoms with E-state index in [0.29, 0.717) is 35.2 Å². The van der Waals surface area contributed by atoms with Crippen LogP contribution in [-0.2, 0) is 20.1 Å². The molecule has 4 aromatic rings.